The predicted octanol–water partition coefficient (Wildman–Crippen LogP) is 2.63. The Morgan fingerprint density at radius 1 is 1.19 bits per heavy atom. The zero-order valence-corrected chi connectivity index (χ0v) is 19.2. The lowest BCUT2D eigenvalue weighted by Gasteiger charge is -2.22. The molecule has 2 amide bonds. The number of hydrogen-bond donors (Lipinski definition) is 2. The van der Waals surface area contributed by atoms with E-state index in [0.717, 1.165) is 16.8 Å². The van der Waals surface area contributed by atoms with E-state index in [-0.39, 0.29) is 22.8 Å². The molecule has 0 unspecified atom stereocenters. The van der Waals surface area contributed by atoms with Gasteiger partial charge < -0.3 is 10.2 Å². The van der Waals surface area contributed by atoms with Gasteiger partial charge in [-0.2, -0.15) is 4.72 Å². The van der Waals surface area contributed by atoms with E-state index in [4.69, 9.17) is 0 Å². The fourth-order valence-corrected chi connectivity index (χ4v) is 5.12. The number of nitrogens with zero attached hydrogens (tertiary/aromatic N) is 2. The van der Waals surface area contributed by atoms with Crippen LogP contribution in [0, 0.1) is 12.8 Å². The maximum Gasteiger partial charge on any atom is 0.243 e. The van der Waals surface area contributed by atoms with E-state index in [1.54, 1.807) is 43.1 Å². The molecule has 1 aliphatic heterocycles. The van der Waals surface area contributed by atoms with E-state index >= 15 is 0 Å². The van der Waals surface area contributed by atoms with E-state index in [9.17, 15) is 18.0 Å². The lowest BCUT2D eigenvalue weighted by atomic mass is 10.1. The van der Waals surface area contributed by atoms with E-state index in [1.165, 1.54) is 13.0 Å². The second-order valence-electron chi connectivity index (χ2n) is 8.29. The lowest BCUT2D eigenvalue weighted by molar-refractivity contribution is -0.119. The molecule has 2 atom stereocenters. The van der Waals surface area contributed by atoms with Gasteiger partial charge in [-0.05, 0) is 61.6 Å². The number of aromatic nitrogens is 1. The lowest BCUT2D eigenvalue weighted by Crippen LogP contribution is -2.47. The van der Waals surface area contributed by atoms with Crippen molar-refractivity contribution in [3.63, 3.8) is 0 Å². The molecule has 0 aliphatic carbocycles. The van der Waals surface area contributed by atoms with Crippen molar-refractivity contribution in [2.45, 2.75) is 58.0 Å². The van der Waals surface area contributed by atoms with Crippen LogP contribution in [-0.4, -0.2) is 37.3 Å². The van der Waals surface area contributed by atoms with Crippen LogP contribution in [-0.2, 0) is 26.0 Å². The van der Waals surface area contributed by atoms with Crippen molar-refractivity contribution in [1.82, 2.24) is 9.71 Å². The number of fused-ring (bicyclic) bond motifs is 1. The molecule has 0 spiro atoms. The summed E-state index contributed by atoms with van der Waals surface area (Å²) in [5.41, 5.74) is 2.47. The summed E-state index contributed by atoms with van der Waals surface area (Å²) in [5, 5.41) is 2.67. The van der Waals surface area contributed by atoms with Crippen molar-refractivity contribution in [3.05, 3.63) is 47.7 Å². The molecule has 0 saturated heterocycles. The van der Waals surface area contributed by atoms with Crippen LogP contribution in [0.15, 0.2) is 41.4 Å². The average molecular weight is 445 g/mol. The van der Waals surface area contributed by atoms with Crippen molar-refractivity contribution in [2.75, 3.05) is 10.2 Å². The van der Waals surface area contributed by atoms with Gasteiger partial charge in [0.1, 0.15) is 11.9 Å². The standard InChI is InChI=1S/C22H28N4O4S/c1-13(2)21(22(28)24-20-9-6-14(3)12-23-20)25-31(29,30)18-7-8-19-17(11-18)10-15(4)26(19)16(5)27/h6-9,11-13,15,21,25H,10H2,1-5H3,(H,23,24,28)/t15-,21-/m0/s1. The first-order chi connectivity index (χ1) is 14.5. The third-order valence-electron chi connectivity index (χ3n) is 5.31. The molecule has 2 heterocycles. The molecule has 9 heteroatoms. The minimum atomic E-state index is -3.96. The first kappa shape index (κ1) is 22.9. The molecule has 1 aromatic carbocycles. The second kappa shape index (κ2) is 8.76. The highest BCUT2D eigenvalue weighted by Gasteiger charge is 2.32. The topological polar surface area (TPSA) is 108 Å². The molecular weight excluding hydrogens is 416 g/mol. The molecule has 8 nitrogen and oxygen atoms in total. The Kier molecular flexibility index (Phi) is 6.47. The van der Waals surface area contributed by atoms with Gasteiger partial charge in [-0.25, -0.2) is 13.4 Å². The van der Waals surface area contributed by atoms with Crippen molar-refractivity contribution in [3.8, 4) is 0 Å². The number of pyridine rings is 1. The molecule has 0 radical (unpaired) electrons. The Bertz CT molecular complexity index is 1100. The second-order valence-corrected chi connectivity index (χ2v) is 10.00. The van der Waals surface area contributed by atoms with Gasteiger partial charge in [-0.15, -0.1) is 0 Å². The van der Waals surface area contributed by atoms with Crippen LogP contribution in [0.1, 0.15) is 38.8 Å². The van der Waals surface area contributed by atoms with Crippen LogP contribution in [0.4, 0.5) is 11.5 Å². The SMILES string of the molecule is CC(=O)N1c2ccc(S(=O)(=O)N[C@H](C(=O)Nc3ccc(C)cn3)C(C)C)cc2C[C@@H]1C. The Morgan fingerprint density at radius 3 is 2.48 bits per heavy atom. The largest absolute Gasteiger partial charge is 0.309 e. The van der Waals surface area contributed by atoms with Gasteiger partial charge in [0.2, 0.25) is 21.8 Å². The molecule has 2 N–H and O–H groups in total. The van der Waals surface area contributed by atoms with Crippen LogP contribution >= 0.6 is 0 Å². The summed E-state index contributed by atoms with van der Waals surface area (Å²) in [6.45, 7) is 8.84. The summed E-state index contributed by atoms with van der Waals surface area (Å²) in [4.78, 5) is 30.6. The molecular formula is C22H28N4O4S. The maximum absolute atomic E-state index is 13.1. The molecule has 2 aromatic rings. The summed E-state index contributed by atoms with van der Waals surface area (Å²) in [7, 11) is -3.96. The third kappa shape index (κ3) is 4.94. The van der Waals surface area contributed by atoms with Gasteiger partial charge in [-0.3, -0.25) is 9.59 Å². The van der Waals surface area contributed by atoms with Crippen molar-refractivity contribution in [1.29, 1.82) is 0 Å². The Labute approximate surface area is 183 Å². The Morgan fingerprint density at radius 2 is 1.90 bits per heavy atom. The molecule has 1 aromatic heterocycles. The van der Waals surface area contributed by atoms with Crippen LogP contribution in [0.25, 0.3) is 0 Å². The molecule has 0 saturated carbocycles. The maximum atomic E-state index is 13.1. The minimum Gasteiger partial charge on any atom is -0.309 e. The van der Waals surface area contributed by atoms with E-state index in [2.05, 4.69) is 15.0 Å². The van der Waals surface area contributed by atoms with Gasteiger partial charge in [0.05, 0.1) is 4.90 Å². The van der Waals surface area contributed by atoms with Crippen LogP contribution in [0.5, 0.6) is 0 Å². The number of carbonyl (C=O) groups excluding carboxylic acids is 2. The number of benzene rings is 1. The highest BCUT2D eigenvalue weighted by atomic mass is 32.2. The van der Waals surface area contributed by atoms with Gasteiger partial charge in [0.25, 0.3) is 0 Å². The van der Waals surface area contributed by atoms with Crippen LogP contribution in [0.2, 0.25) is 0 Å². The highest BCUT2D eigenvalue weighted by molar-refractivity contribution is 7.89. The quantitative estimate of drug-likeness (QED) is 0.712. The number of aryl methyl sites for hydroxylation is 1. The van der Waals surface area contributed by atoms with E-state index < -0.39 is 22.0 Å². The minimum absolute atomic E-state index is 0.0328. The number of amides is 2. The van der Waals surface area contributed by atoms with Crippen molar-refractivity contribution in [2.24, 2.45) is 5.92 Å². The average Bonchev–Trinajstić information content (AvgIpc) is 3.02. The number of carbonyl (C=O) groups is 2. The fourth-order valence-electron chi connectivity index (χ4n) is 3.73. The van der Waals surface area contributed by atoms with Gasteiger partial charge in [0, 0.05) is 24.8 Å². The summed E-state index contributed by atoms with van der Waals surface area (Å²) < 4.78 is 28.6. The third-order valence-corrected chi connectivity index (χ3v) is 6.75. The smallest absolute Gasteiger partial charge is 0.243 e. The van der Waals surface area contributed by atoms with Crippen molar-refractivity contribution >= 4 is 33.3 Å². The van der Waals surface area contributed by atoms with Gasteiger partial charge >= 0.3 is 0 Å². The molecule has 0 bridgehead atoms. The summed E-state index contributed by atoms with van der Waals surface area (Å²) >= 11 is 0. The normalized spacial score (nSPS) is 16.8. The predicted molar refractivity (Wildman–Crippen MR) is 119 cm³/mol. The Hall–Kier alpha value is -2.78. The van der Waals surface area contributed by atoms with Crippen LogP contribution in [0.3, 0.4) is 0 Å². The highest BCUT2D eigenvalue weighted by Crippen LogP contribution is 2.34. The van der Waals surface area contributed by atoms with E-state index in [0.29, 0.717) is 12.2 Å². The summed E-state index contributed by atoms with van der Waals surface area (Å²) in [6.07, 6.45) is 2.20. The van der Waals surface area contributed by atoms with Gasteiger partial charge in [0.15, 0.2) is 0 Å². The molecule has 3 rings (SSSR count). The first-order valence-electron chi connectivity index (χ1n) is 10.2. The fraction of sp³-hybridized carbons (Fsp3) is 0.409. The summed E-state index contributed by atoms with van der Waals surface area (Å²) in [6, 6.07) is 7.16. The Balaban J connectivity index is 1.82. The number of hydrogen-bond acceptors (Lipinski definition) is 5. The monoisotopic (exact) mass is 444 g/mol. The van der Waals surface area contributed by atoms with Crippen molar-refractivity contribution < 1.29 is 18.0 Å². The zero-order chi connectivity index (χ0) is 22.9. The summed E-state index contributed by atoms with van der Waals surface area (Å²) in [5.74, 6) is -0.493. The number of anilines is 2. The number of sulfonamides is 1. The van der Waals surface area contributed by atoms with Gasteiger partial charge in [-0.1, -0.05) is 19.9 Å². The number of nitrogens with one attached hydrogen (secondary N) is 2. The number of rotatable bonds is 6. The zero-order valence-electron chi connectivity index (χ0n) is 18.3. The first-order valence-corrected chi connectivity index (χ1v) is 11.7. The molecule has 166 valence electrons. The van der Waals surface area contributed by atoms with Crippen LogP contribution < -0.4 is 14.9 Å². The molecule has 0 fully saturated rings. The molecule has 31 heavy (non-hydrogen) atoms. The van der Waals surface area contributed by atoms with E-state index in [1.807, 2.05) is 19.9 Å². The molecule has 1 aliphatic rings.